The van der Waals surface area contributed by atoms with Gasteiger partial charge in [-0.1, -0.05) is 34.1 Å². The first kappa shape index (κ1) is 20.4. The van der Waals surface area contributed by atoms with Gasteiger partial charge in [0.25, 0.3) is 0 Å². The van der Waals surface area contributed by atoms with Crippen molar-refractivity contribution in [3.8, 4) is 0 Å². The van der Waals surface area contributed by atoms with Crippen molar-refractivity contribution in [2.24, 2.45) is 17.8 Å². The van der Waals surface area contributed by atoms with Gasteiger partial charge in [-0.15, -0.1) is 0 Å². The van der Waals surface area contributed by atoms with Gasteiger partial charge in [0.05, 0.1) is 6.61 Å². The van der Waals surface area contributed by atoms with E-state index in [4.69, 9.17) is 9.47 Å². The molecule has 0 saturated carbocycles. The first-order chi connectivity index (χ1) is 11.2. The number of carbonyl (C=O) groups is 3. The van der Waals surface area contributed by atoms with Crippen LogP contribution in [0.4, 0.5) is 0 Å². The summed E-state index contributed by atoms with van der Waals surface area (Å²) in [6.45, 7) is 8.46. The lowest BCUT2D eigenvalue weighted by Crippen LogP contribution is -2.48. The average molecular weight is 340 g/mol. The highest BCUT2D eigenvalue weighted by Gasteiger charge is 2.44. The van der Waals surface area contributed by atoms with E-state index in [2.05, 4.69) is 0 Å². The van der Waals surface area contributed by atoms with Gasteiger partial charge in [0.15, 0.2) is 6.10 Å². The van der Waals surface area contributed by atoms with Gasteiger partial charge in [-0.3, -0.25) is 14.4 Å². The van der Waals surface area contributed by atoms with Crippen molar-refractivity contribution in [2.45, 2.75) is 59.7 Å². The van der Waals surface area contributed by atoms with E-state index in [1.54, 1.807) is 0 Å². The van der Waals surface area contributed by atoms with Crippen LogP contribution in [0.1, 0.15) is 47.5 Å². The van der Waals surface area contributed by atoms with E-state index in [1.165, 1.54) is 13.0 Å². The molecule has 0 radical (unpaired) electrons. The molecule has 0 aromatic carbocycles. The van der Waals surface area contributed by atoms with E-state index in [9.17, 15) is 19.5 Å². The van der Waals surface area contributed by atoms with Crippen molar-refractivity contribution in [1.29, 1.82) is 0 Å². The zero-order valence-electron chi connectivity index (χ0n) is 15.1. The zero-order chi connectivity index (χ0) is 18.4. The van der Waals surface area contributed by atoms with Crippen LogP contribution >= 0.6 is 0 Å². The third-order valence-electron chi connectivity index (χ3n) is 4.38. The molecule has 4 atom stereocenters. The largest absolute Gasteiger partial charge is 0.458 e. The molecule has 1 rings (SSSR count). The number of carbonyl (C=O) groups excluding carboxylic acids is 3. The van der Waals surface area contributed by atoms with Crippen molar-refractivity contribution < 1.29 is 29.0 Å². The van der Waals surface area contributed by atoms with Crippen LogP contribution in [0, 0.1) is 17.8 Å². The van der Waals surface area contributed by atoms with Crippen molar-refractivity contribution >= 4 is 17.7 Å². The Hall–Kier alpha value is -1.69. The van der Waals surface area contributed by atoms with Crippen LogP contribution in [0.3, 0.4) is 0 Å². The van der Waals surface area contributed by atoms with Crippen molar-refractivity contribution in [3.63, 3.8) is 0 Å². The molecule has 0 heterocycles. The maximum absolute atomic E-state index is 12.5. The monoisotopic (exact) mass is 340 g/mol. The van der Waals surface area contributed by atoms with Gasteiger partial charge >= 0.3 is 11.9 Å². The first-order valence-electron chi connectivity index (χ1n) is 8.43. The van der Waals surface area contributed by atoms with Crippen LogP contribution in [0.5, 0.6) is 0 Å². The van der Waals surface area contributed by atoms with Crippen molar-refractivity contribution in [1.82, 2.24) is 0 Å². The van der Waals surface area contributed by atoms with Gasteiger partial charge in [-0.2, -0.15) is 0 Å². The summed E-state index contributed by atoms with van der Waals surface area (Å²) in [6.07, 6.45) is 0.774. The molecule has 0 amide bonds. The molecule has 6 heteroatoms. The number of esters is 2. The van der Waals surface area contributed by atoms with Gasteiger partial charge in [0.2, 0.25) is 5.78 Å². The number of hydrogen-bond donors (Lipinski definition) is 1. The molecule has 0 fully saturated rings. The SMILES string of the molecule is CC[C@H](C)CC(=O)O[C@@H]1C(=O)C(CO)=C[C@@H](OC(C)=O)[C@@H]1C(C)C. The van der Waals surface area contributed by atoms with Crippen LogP contribution < -0.4 is 0 Å². The van der Waals surface area contributed by atoms with Crippen LogP contribution in [-0.2, 0) is 23.9 Å². The van der Waals surface area contributed by atoms with Crippen molar-refractivity contribution in [3.05, 3.63) is 11.6 Å². The minimum atomic E-state index is -1.04. The topological polar surface area (TPSA) is 89.9 Å². The minimum absolute atomic E-state index is 0.0591. The summed E-state index contributed by atoms with van der Waals surface area (Å²) in [6, 6.07) is 0. The summed E-state index contributed by atoms with van der Waals surface area (Å²) in [4.78, 5) is 36.1. The molecule has 0 bridgehead atoms. The highest BCUT2D eigenvalue weighted by Crippen LogP contribution is 2.32. The highest BCUT2D eigenvalue weighted by molar-refractivity contribution is 6.01. The summed E-state index contributed by atoms with van der Waals surface area (Å²) in [5.74, 6) is -1.73. The Morgan fingerprint density at radius 3 is 2.33 bits per heavy atom. The molecular weight excluding hydrogens is 312 g/mol. The molecule has 136 valence electrons. The number of Topliss-reactive ketones (excluding diaryl/α,β-unsaturated/α-hetero) is 1. The number of ketones is 1. The molecule has 0 unspecified atom stereocenters. The summed E-state index contributed by atoms with van der Waals surface area (Å²) in [5, 5.41) is 9.40. The van der Waals surface area contributed by atoms with Crippen LogP contribution in [0.2, 0.25) is 0 Å². The normalized spacial score (nSPS) is 25.2. The second-order valence-corrected chi connectivity index (χ2v) is 6.74. The Labute approximate surface area is 143 Å². The Morgan fingerprint density at radius 2 is 1.88 bits per heavy atom. The van der Waals surface area contributed by atoms with Gasteiger partial charge < -0.3 is 14.6 Å². The molecule has 1 aliphatic rings. The molecule has 0 spiro atoms. The van der Waals surface area contributed by atoms with E-state index in [-0.39, 0.29) is 23.8 Å². The number of hydrogen-bond acceptors (Lipinski definition) is 6. The minimum Gasteiger partial charge on any atom is -0.458 e. The van der Waals surface area contributed by atoms with E-state index < -0.39 is 42.5 Å². The van der Waals surface area contributed by atoms with E-state index in [0.717, 1.165) is 6.42 Å². The maximum Gasteiger partial charge on any atom is 0.306 e. The van der Waals surface area contributed by atoms with E-state index in [0.29, 0.717) is 0 Å². The van der Waals surface area contributed by atoms with Crippen LogP contribution in [-0.4, -0.2) is 41.6 Å². The fourth-order valence-electron chi connectivity index (χ4n) is 2.84. The fourth-order valence-corrected chi connectivity index (χ4v) is 2.84. The molecule has 1 N–H and O–H groups in total. The fraction of sp³-hybridized carbons (Fsp3) is 0.722. The van der Waals surface area contributed by atoms with Gasteiger partial charge in [0, 0.05) is 24.8 Å². The third kappa shape index (κ3) is 5.16. The molecular formula is C18H28O6. The second kappa shape index (κ2) is 8.97. The molecule has 0 saturated heterocycles. The maximum atomic E-state index is 12.5. The molecule has 6 nitrogen and oxygen atoms in total. The lowest BCUT2D eigenvalue weighted by Gasteiger charge is -2.37. The van der Waals surface area contributed by atoms with Crippen LogP contribution in [0.15, 0.2) is 11.6 Å². The quantitative estimate of drug-likeness (QED) is 0.713. The standard InChI is InChI=1S/C18H28O6/c1-6-11(4)7-15(21)24-18-16(10(2)3)14(23-12(5)20)8-13(9-19)17(18)22/h8,10-11,14,16,18-19H,6-7,9H2,1-5H3/t11-,14+,16-,18-/m0/s1. The average Bonchev–Trinajstić information content (AvgIpc) is 2.48. The zero-order valence-corrected chi connectivity index (χ0v) is 15.1. The number of aliphatic hydroxyl groups excluding tert-OH is 1. The van der Waals surface area contributed by atoms with Gasteiger partial charge in [-0.25, -0.2) is 0 Å². The number of rotatable bonds is 7. The van der Waals surface area contributed by atoms with E-state index in [1.807, 2.05) is 27.7 Å². The Kier molecular flexibility index (Phi) is 7.60. The Balaban J connectivity index is 3.08. The summed E-state index contributed by atoms with van der Waals surface area (Å²) >= 11 is 0. The van der Waals surface area contributed by atoms with Crippen molar-refractivity contribution in [2.75, 3.05) is 6.61 Å². The lowest BCUT2D eigenvalue weighted by molar-refractivity contribution is -0.167. The summed E-state index contributed by atoms with van der Waals surface area (Å²) < 4.78 is 10.8. The predicted molar refractivity (Wildman–Crippen MR) is 88.0 cm³/mol. The number of ether oxygens (including phenoxy) is 2. The Morgan fingerprint density at radius 1 is 1.25 bits per heavy atom. The van der Waals surface area contributed by atoms with Crippen LogP contribution in [0.25, 0.3) is 0 Å². The number of aliphatic hydroxyl groups is 1. The highest BCUT2D eigenvalue weighted by atomic mass is 16.6. The first-order valence-corrected chi connectivity index (χ1v) is 8.43. The molecule has 1 aliphatic carbocycles. The smallest absolute Gasteiger partial charge is 0.306 e. The molecule has 0 aliphatic heterocycles. The molecule has 0 aromatic heterocycles. The summed E-state index contributed by atoms with van der Waals surface area (Å²) in [5.41, 5.74) is 0.111. The van der Waals surface area contributed by atoms with E-state index >= 15 is 0 Å². The Bertz CT molecular complexity index is 508. The van der Waals surface area contributed by atoms with Gasteiger partial charge in [0.1, 0.15) is 6.10 Å². The van der Waals surface area contributed by atoms with Gasteiger partial charge in [-0.05, 0) is 17.9 Å². The molecule has 24 heavy (non-hydrogen) atoms. The lowest BCUT2D eigenvalue weighted by atomic mass is 9.77. The summed E-state index contributed by atoms with van der Waals surface area (Å²) in [7, 11) is 0. The predicted octanol–water partition coefficient (Wildman–Crippen LogP) is 2.04. The second-order valence-electron chi connectivity index (χ2n) is 6.74. The molecule has 0 aromatic rings. The third-order valence-corrected chi connectivity index (χ3v) is 4.38.